The third kappa shape index (κ3) is 2.49. The quantitative estimate of drug-likeness (QED) is 0.880. The highest BCUT2D eigenvalue weighted by molar-refractivity contribution is 6.32. The number of phenols is 1. The Morgan fingerprint density at radius 3 is 2.71 bits per heavy atom. The van der Waals surface area contributed by atoms with E-state index in [2.05, 4.69) is 6.07 Å². The summed E-state index contributed by atoms with van der Waals surface area (Å²) in [7, 11) is 0. The fraction of sp³-hybridized carbons (Fsp3) is 0. The number of ether oxygens (including phenoxy) is 1. The summed E-state index contributed by atoms with van der Waals surface area (Å²) in [4.78, 5) is 0. The van der Waals surface area contributed by atoms with E-state index in [9.17, 15) is 5.11 Å². The van der Waals surface area contributed by atoms with Gasteiger partial charge in [-0.1, -0.05) is 23.7 Å². The van der Waals surface area contributed by atoms with Gasteiger partial charge < -0.3 is 9.84 Å². The summed E-state index contributed by atoms with van der Waals surface area (Å²) in [5.74, 6) is 0.673. The Labute approximate surface area is 103 Å². The molecule has 0 saturated carbocycles. The maximum Gasteiger partial charge on any atom is 0.146 e. The number of aromatic hydroxyl groups is 1. The molecule has 1 radical (unpaired) electrons. The van der Waals surface area contributed by atoms with Gasteiger partial charge in [-0.25, -0.2) is 0 Å². The Balaban J connectivity index is 2.32. The first kappa shape index (κ1) is 11.3. The number of benzene rings is 2. The lowest BCUT2D eigenvalue weighted by Gasteiger charge is -2.07. The van der Waals surface area contributed by atoms with Crippen LogP contribution in [0.4, 0.5) is 0 Å². The van der Waals surface area contributed by atoms with Crippen LogP contribution >= 0.6 is 11.6 Å². The molecule has 1 N–H and O–H groups in total. The van der Waals surface area contributed by atoms with Gasteiger partial charge in [0.25, 0.3) is 0 Å². The number of hydrogen-bond acceptors (Lipinski definition) is 3. The van der Waals surface area contributed by atoms with E-state index in [1.165, 1.54) is 12.1 Å². The minimum absolute atomic E-state index is 0.0366. The zero-order chi connectivity index (χ0) is 12.3. The van der Waals surface area contributed by atoms with Crippen LogP contribution in [0.3, 0.4) is 0 Å². The van der Waals surface area contributed by atoms with Crippen molar-refractivity contribution >= 4 is 11.6 Å². The van der Waals surface area contributed by atoms with Crippen LogP contribution in [0.25, 0.3) is 0 Å². The number of halogens is 1. The number of rotatable bonds is 2. The third-order valence-corrected chi connectivity index (χ3v) is 2.38. The van der Waals surface area contributed by atoms with E-state index >= 15 is 0 Å². The van der Waals surface area contributed by atoms with Crippen molar-refractivity contribution < 1.29 is 9.84 Å². The first-order valence-corrected chi connectivity index (χ1v) is 5.16. The summed E-state index contributed by atoms with van der Waals surface area (Å²) in [5.41, 5.74) is 0.0366. The molecule has 0 bridgehead atoms. The van der Waals surface area contributed by atoms with Crippen LogP contribution in [-0.4, -0.2) is 5.11 Å². The average molecular weight is 245 g/mol. The number of nitrogens with zero attached hydrogens (tertiary/aromatic N) is 1. The molecule has 0 aromatic heterocycles. The maximum absolute atomic E-state index is 9.32. The zero-order valence-corrected chi connectivity index (χ0v) is 9.40. The van der Waals surface area contributed by atoms with Crippen molar-refractivity contribution in [3.8, 4) is 23.3 Å². The second kappa shape index (κ2) is 4.77. The fourth-order valence-corrected chi connectivity index (χ4v) is 1.43. The normalized spacial score (nSPS) is 9.65. The second-order valence-corrected chi connectivity index (χ2v) is 3.63. The van der Waals surface area contributed by atoms with E-state index in [-0.39, 0.29) is 11.3 Å². The number of hydrogen-bond donors (Lipinski definition) is 1. The van der Waals surface area contributed by atoms with Crippen LogP contribution in [0.15, 0.2) is 36.4 Å². The molecule has 0 fully saturated rings. The van der Waals surface area contributed by atoms with Gasteiger partial charge in [0.15, 0.2) is 0 Å². The monoisotopic (exact) mass is 244 g/mol. The minimum atomic E-state index is -0.126. The molecule has 0 amide bonds. The number of phenolic OH excluding ortho intramolecular Hbond substituents is 1. The van der Waals surface area contributed by atoms with Gasteiger partial charge in [0, 0.05) is 0 Å². The Morgan fingerprint density at radius 2 is 2.00 bits per heavy atom. The molecule has 0 heterocycles. The highest BCUT2D eigenvalue weighted by atomic mass is 35.5. The smallest absolute Gasteiger partial charge is 0.146 e. The van der Waals surface area contributed by atoms with Gasteiger partial charge in [0.2, 0.25) is 0 Å². The molecule has 4 heteroatoms. The molecule has 83 valence electrons. The molecule has 0 aliphatic heterocycles. The van der Waals surface area contributed by atoms with Gasteiger partial charge in [-0.05, 0) is 24.3 Å². The van der Waals surface area contributed by atoms with Crippen LogP contribution in [0.2, 0.25) is 5.02 Å². The first-order valence-electron chi connectivity index (χ1n) is 4.78. The molecular weight excluding hydrogens is 238 g/mol. The van der Waals surface area contributed by atoms with E-state index in [1.54, 1.807) is 24.3 Å². The summed E-state index contributed by atoms with van der Waals surface area (Å²) >= 11 is 5.93. The summed E-state index contributed by atoms with van der Waals surface area (Å²) in [5, 5.41) is 18.5. The van der Waals surface area contributed by atoms with Gasteiger partial charge in [-0.3, -0.25) is 0 Å². The minimum Gasteiger partial charge on any atom is -0.507 e. The van der Waals surface area contributed by atoms with Crippen molar-refractivity contribution in [3.63, 3.8) is 0 Å². The van der Waals surface area contributed by atoms with Crippen LogP contribution in [-0.2, 0) is 0 Å². The molecule has 0 unspecified atom stereocenters. The predicted molar refractivity (Wildman–Crippen MR) is 63.2 cm³/mol. The van der Waals surface area contributed by atoms with Crippen LogP contribution < -0.4 is 4.74 Å². The SMILES string of the molecule is N#Cc1[c]c(Oc2ccccc2Cl)ccc1O. The van der Waals surface area contributed by atoms with Gasteiger partial charge in [-0.2, -0.15) is 5.26 Å². The molecule has 3 nitrogen and oxygen atoms in total. The third-order valence-electron chi connectivity index (χ3n) is 2.07. The molecule has 0 aliphatic carbocycles. The van der Waals surface area contributed by atoms with Crippen molar-refractivity contribution in [1.29, 1.82) is 5.26 Å². The average Bonchev–Trinajstić information content (AvgIpc) is 2.34. The number of nitriles is 1. The molecule has 0 spiro atoms. The van der Waals surface area contributed by atoms with E-state index in [1.807, 2.05) is 6.07 Å². The lowest BCUT2D eigenvalue weighted by molar-refractivity contribution is 0.462. The predicted octanol–water partition coefficient (Wildman–Crippen LogP) is 3.51. The van der Waals surface area contributed by atoms with Gasteiger partial charge in [0.1, 0.15) is 28.9 Å². The lowest BCUT2D eigenvalue weighted by atomic mass is 10.2. The van der Waals surface area contributed by atoms with Gasteiger partial charge >= 0.3 is 0 Å². The number of para-hydroxylation sites is 1. The summed E-state index contributed by atoms with van der Waals surface area (Å²) in [6.07, 6.45) is 0. The van der Waals surface area contributed by atoms with E-state index < -0.39 is 0 Å². The largest absolute Gasteiger partial charge is 0.507 e. The van der Waals surface area contributed by atoms with Gasteiger partial charge in [0.05, 0.1) is 11.1 Å². The Bertz CT molecular complexity index is 590. The highest BCUT2D eigenvalue weighted by Gasteiger charge is 2.06. The van der Waals surface area contributed by atoms with E-state index in [0.717, 1.165) is 0 Å². The molecule has 17 heavy (non-hydrogen) atoms. The molecule has 2 aromatic rings. The van der Waals surface area contributed by atoms with Crippen LogP contribution in [0.1, 0.15) is 5.56 Å². The topological polar surface area (TPSA) is 53.2 Å². The standard InChI is InChI=1S/C13H7ClNO2/c14-11-3-1-2-4-13(11)17-10-5-6-12(16)9(7-10)8-15/h1-6,16H. The van der Waals surface area contributed by atoms with Crippen molar-refractivity contribution in [2.45, 2.75) is 0 Å². The molecule has 2 rings (SSSR count). The lowest BCUT2D eigenvalue weighted by Crippen LogP contribution is -1.87. The van der Waals surface area contributed by atoms with Crippen LogP contribution in [0, 0.1) is 17.4 Å². The highest BCUT2D eigenvalue weighted by Crippen LogP contribution is 2.30. The maximum atomic E-state index is 9.32. The molecule has 0 atom stereocenters. The van der Waals surface area contributed by atoms with Crippen molar-refractivity contribution in [1.82, 2.24) is 0 Å². The van der Waals surface area contributed by atoms with E-state index in [0.29, 0.717) is 16.5 Å². The zero-order valence-electron chi connectivity index (χ0n) is 8.64. The molecule has 0 saturated heterocycles. The molecule has 2 aromatic carbocycles. The Hall–Kier alpha value is -2.18. The van der Waals surface area contributed by atoms with Crippen molar-refractivity contribution in [2.24, 2.45) is 0 Å². The van der Waals surface area contributed by atoms with Crippen LogP contribution in [0.5, 0.6) is 17.2 Å². The summed E-state index contributed by atoms with van der Waals surface area (Å²) < 4.78 is 5.46. The molecular formula is C13H7ClNO2. The Morgan fingerprint density at radius 1 is 1.24 bits per heavy atom. The summed E-state index contributed by atoms with van der Waals surface area (Å²) in [6.45, 7) is 0. The summed E-state index contributed by atoms with van der Waals surface area (Å²) in [6, 6.07) is 14.3. The van der Waals surface area contributed by atoms with Gasteiger partial charge in [-0.15, -0.1) is 0 Å². The Kier molecular flexibility index (Phi) is 3.17. The second-order valence-electron chi connectivity index (χ2n) is 3.23. The van der Waals surface area contributed by atoms with E-state index in [4.69, 9.17) is 21.6 Å². The van der Waals surface area contributed by atoms with Crippen molar-refractivity contribution in [3.05, 3.63) is 53.1 Å². The molecule has 0 aliphatic rings. The fourth-order valence-electron chi connectivity index (χ4n) is 1.26. The van der Waals surface area contributed by atoms with Crippen molar-refractivity contribution in [2.75, 3.05) is 0 Å². The first-order chi connectivity index (χ1) is 8.20.